The molecule has 0 saturated heterocycles. The average molecular weight is 374 g/mol. The van der Waals surface area contributed by atoms with Gasteiger partial charge in [0.05, 0.1) is 14.9 Å². The van der Waals surface area contributed by atoms with Crippen LogP contribution in [0.25, 0.3) is 0 Å². The van der Waals surface area contributed by atoms with Crippen molar-refractivity contribution in [3.05, 3.63) is 58.1 Å². The van der Waals surface area contributed by atoms with Crippen LogP contribution in [0.15, 0.2) is 52.3 Å². The molecule has 0 saturated carbocycles. The molecule has 0 radical (unpaired) electrons. The maximum Gasteiger partial charge on any atom is 0.241 e. The lowest BCUT2D eigenvalue weighted by Gasteiger charge is -2.25. The number of thioether (sulfide) groups is 1. The second kappa shape index (κ2) is 6.42. The van der Waals surface area contributed by atoms with Crippen molar-refractivity contribution in [2.75, 3.05) is 5.75 Å². The molecule has 2 aromatic carbocycles. The summed E-state index contributed by atoms with van der Waals surface area (Å²) in [5.41, 5.74) is 1.02. The summed E-state index contributed by atoms with van der Waals surface area (Å²) in [6.45, 7) is 0. The molecule has 22 heavy (non-hydrogen) atoms. The lowest BCUT2D eigenvalue weighted by atomic mass is 10.1. The van der Waals surface area contributed by atoms with Crippen LogP contribution >= 0.6 is 35.0 Å². The zero-order chi connectivity index (χ0) is 15.7. The minimum absolute atomic E-state index is 0.123. The van der Waals surface area contributed by atoms with Gasteiger partial charge in [0.25, 0.3) is 0 Å². The molecular weight excluding hydrogens is 361 g/mol. The van der Waals surface area contributed by atoms with Gasteiger partial charge in [0.15, 0.2) is 0 Å². The van der Waals surface area contributed by atoms with Crippen LogP contribution < -0.4 is 4.72 Å². The van der Waals surface area contributed by atoms with Crippen molar-refractivity contribution in [1.82, 2.24) is 4.72 Å². The molecule has 1 atom stereocenters. The van der Waals surface area contributed by atoms with Gasteiger partial charge >= 0.3 is 0 Å². The molecule has 1 heterocycles. The van der Waals surface area contributed by atoms with Crippen molar-refractivity contribution in [2.45, 2.75) is 22.3 Å². The van der Waals surface area contributed by atoms with Crippen molar-refractivity contribution in [3.8, 4) is 0 Å². The lowest BCUT2D eigenvalue weighted by Crippen LogP contribution is -2.30. The van der Waals surface area contributed by atoms with Gasteiger partial charge in [0.1, 0.15) is 0 Å². The number of benzene rings is 2. The molecule has 1 aliphatic rings. The maximum atomic E-state index is 12.6. The minimum Gasteiger partial charge on any atom is -0.207 e. The molecule has 2 aromatic rings. The standard InChI is InChI=1S/C15H13Cl2NO2S2/c16-12-6-5-10(9-13(12)17)22(19,20)18-14-7-8-21-15-4-2-1-3-11(14)15/h1-6,9,14,18H,7-8H2/t14-/m1/s1. The first kappa shape index (κ1) is 16.1. The highest BCUT2D eigenvalue weighted by molar-refractivity contribution is 7.99. The number of sulfonamides is 1. The Morgan fingerprint density at radius 1 is 1.09 bits per heavy atom. The molecule has 7 heteroatoms. The van der Waals surface area contributed by atoms with E-state index in [0.717, 1.165) is 22.6 Å². The first-order chi connectivity index (χ1) is 10.5. The van der Waals surface area contributed by atoms with Gasteiger partial charge in [-0.15, -0.1) is 11.8 Å². The first-order valence-corrected chi connectivity index (χ1v) is 9.89. The SMILES string of the molecule is O=S(=O)(N[C@@H]1CCSc2ccccc21)c1ccc(Cl)c(Cl)c1. The summed E-state index contributed by atoms with van der Waals surface area (Å²) in [4.78, 5) is 1.24. The summed E-state index contributed by atoms with van der Waals surface area (Å²) >= 11 is 13.5. The summed E-state index contributed by atoms with van der Waals surface area (Å²) < 4.78 is 27.9. The van der Waals surface area contributed by atoms with E-state index in [9.17, 15) is 8.42 Å². The zero-order valence-corrected chi connectivity index (χ0v) is 14.6. The number of hydrogen-bond donors (Lipinski definition) is 1. The van der Waals surface area contributed by atoms with Gasteiger partial charge in [-0.3, -0.25) is 0 Å². The second-order valence-corrected chi connectivity index (χ2v) is 8.59. The van der Waals surface area contributed by atoms with Crippen molar-refractivity contribution in [2.24, 2.45) is 0 Å². The number of hydrogen-bond acceptors (Lipinski definition) is 3. The number of halogens is 2. The van der Waals surface area contributed by atoms with E-state index in [1.165, 1.54) is 18.2 Å². The number of rotatable bonds is 3. The maximum absolute atomic E-state index is 12.6. The average Bonchev–Trinajstić information content (AvgIpc) is 2.50. The topological polar surface area (TPSA) is 46.2 Å². The number of nitrogens with one attached hydrogen (secondary N) is 1. The van der Waals surface area contributed by atoms with E-state index in [4.69, 9.17) is 23.2 Å². The van der Waals surface area contributed by atoms with E-state index < -0.39 is 10.0 Å². The molecule has 1 aliphatic heterocycles. The molecular formula is C15H13Cl2NO2S2. The van der Waals surface area contributed by atoms with Crippen LogP contribution in [0.5, 0.6) is 0 Å². The molecule has 1 N–H and O–H groups in total. The second-order valence-electron chi connectivity index (χ2n) is 4.92. The minimum atomic E-state index is -3.64. The summed E-state index contributed by atoms with van der Waals surface area (Å²) in [6, 6.07) is 12.0. The summed E-state index contributed by atoms with van der Waals surface area (Å²) in [7, 11) is -3.64. The molecule has 0 unspecified atom stereocenters. The first-order valence-electron chi connectivity index (χ1n) is 6.66. The third-order valence-electron chi connectivity index (χ3n) is 3.46. The summed E-state index contributed by atoms with van der Waals surface area (Å²) in [6.07, 6.45) is 0.752. The van der Waals surface area contributed by atoms with E-state index in [-0.39, 0.29) is 16.0 Å². The molecule has 116 valence electrons. The number of fused-ring (bicyclic) bond motifs is 1. The Balaban J connectivity index is 1.91. The van der Waals surface area contributed by atoms with Crippen molar-refractivity contribution < 1.29 is 8.42 Å². The van der Waals surface area contributed by atoms with Crippen LogP contribution in [-0.4, -0.2) is 14.2 Å². The Hall–Kier alpha value is -0.720. The van der Waals surface area contributed by atoms with Crippen LogP contribution in [0.3, 0.4) is 0 Å². The third kappa shape index (κ3) is 3.29. The van der Waals surface area contributed by atoms with Crippen LogP contribution in [0.4, 0.5) is 0 Å². The summed E-state index contributed by atoms with van der Waals surface area (Å²) in [5.74, 6) is 0.881. The lowest BCUT2D eigenvalue weighted by molar-refractivity contribution is 0.546. The van der Waals surface area contributed by atoms with Crippen molar-refractivity contribution >= 4 is 45.0 Å². The van der Waals surface area contributed by atoms with Gasteiger partial charge in [-0.2, -0.15) is 0 Å². The Morgan fingerprint density at radius 3 is 2.64 bits per heavy atom. The third-order valence-corrected chi connectivity index (χ3v) is 6.79. The van der Waals surface area contributed by atoms with Crippen LogP contribution in [0, 0.1) is 0 Å². The van der Waals surface area contributed by atoms with E-state index in [0.29, 0.717) is 5.02 Å². The molecule has 0 fully saturated rings. The Morgan fingerprint density at radius 2 is 1.86 bits per heavy atom. The fraction of sp³-hybridized carbons (Fsp3) is 0.200. The highest BCUT2D eigenvalue weighted by Gasteiger charge is 2.26. The quantitative estimate of drug-likeness (QED) is 0.860. The smallest absolute Gasteiger partial charge is 0.207 e. The normalized spacial score (nSPS) is 18.0. The van der Waals surface area contributed by atoms with E-state index in [2.05, 4.69) is 4.72 Å². The molecule has 3 nitrogen and oxygen atoms in total. The zero-order valence-electron chi connectivity index (χ0n) is 11.4. The summed E-state index contributed by atoms with van der Waals surface area (Å²) in [5, 5.41) is 0.559. The van der Waals surface area contributed by atoms with Crippen molar-refractivity contribution in [3.63, 3.8) is 0 Å². The highest BCUT2D eigenvalue weighted by atomic mass is 35.5. The predicted molar refractivity (Wildman–Crippen MR) is 91.3 cm³/mol. The molecule has 0 bridgehead atoms. The molecule has 3 rings (SSSR count). The molecule has 0 spiro atoms. The van der Waals surface area contributed by atoms with Crippen LogP contribution in [0.1, 0.15) is 18.0 Å². The van der Waals surface area contributed by atoms with Gasteiger partial charge in [-0.05, 0) is 42.0 Å². The van der Waals surface area contributed by atoms with E-state index in [1.807, 2.05) is 24.3 Å². The largest absolute Gasteiger partial charge is 0.241 e. The van der Waals surface area contributed by atoms with E-state index in [1.54, 1.807) is 11.8 Å². The van der Waals surface area contributed by atoms with Gasteiger partial charge in [0.2, 0.25) is 10.0 Å². The Labute approximate surface area is 144 Å². The predicted octanol–water partition coefficient (Wildman–Crippen LogP) is 4.51. The molecule has 0 aromatic heterocycles. The van der Waals surface area contributed by atoms with Gasteiger partial charge in [-0.25, -0.2) is 13.1 Å². The highest BCUT2D eigenvalue weighted by Crippen LogP contribution is 2.36. The van der Waals surface area contributed by atoms with E-state index >= 15 is 0 Å². The monoisotopic (exact) mass is 373 g/mol. The van der Waals surface area contributed by atoms with Gasteiger partial charge < -0.3 is 0 Å². The van der Waals surface area contributed by atoms with Gasteiger partial charge in [-0.1, -0.05) is 41.4 Å². The Bertz CT molecular complexity index is 809. The molecule has 0 aliphatic carbocycles. The van der Waals surface area contributed by atoms with Gasteiger partial charge in [0, 0.05) is 10.9 Å². The van der Waals surface area contributed by atoms with Crippen molar-refractivity contribution in [1.29, 1.82) is 0 Å². The Kier molecular flexibility index (Phi) is 4.71. The van der Waals surface area contributed by atoms with Crippen LogP contribution in [0.2, 0.25) is 10.0 Å². The fourth-order valence-electron chi connectivity index (χ4n) is 2.36. The fourth-order valence-corrected chi connectivity index (χ4v) is 5.13. The van der Waals surface area contributed by atoms with Crippen LogP contribution in [-0.2, 0) is 10.0 Å². The molecule has 0 amide bonds.